The van der Waals surface area contributed by atoms with Crippen molar-refractivity contribution in [2.45, 2.75) is 13.8 Å². The standard InChI is InChI=1S/C11H10Cl2N4O/c1-5-3-7(12)4-6(2)8(5)18-11-16-9(13)15-10(14)17-11/h3-4H,1-2H3,(H2,14,15,16,17). The van der Waals surface area contributed by atoms with Gasteiger partial charge in [-0.15, -0.1) is 0 Å². The highest BCUT2D eigenvalue weighted by atomic mass is 35.5. The van der Waals surface area contributed by atoms with E-state index >= 15 is 0 Å². The molecule has 0 aliphatic carbocycles. The first-order chi connectivity index (χ1) is 8.45. The minimum atomic E-state index is -0.0123. The van der Waals surface area contributed by atoms with Crippen LogP contribution in [0.5, 0.6) is 11.8 Å². The quantitative estimate of drug-likeness (QED) is 0.917. The van der Waals surface area contributed by atoms with E-state index < -0.39 is 0 Å². The van der Waals surface area contributed by atoms with Crippen LogP contribution in [0, 0.1) is 13.8 Å². The zero-order chi connectivity index (χ0) is 13.3. The Labute approximate surface area is 114 Å². The Morgan fingerprint density at radius 2 is 1.67 bits per heavy atom. The molecule has 0 unspecified atom stereocenters. The van der Waals surface area contributed by atoms with Gasteiger partial charge in [0, 0.05) is 5.02 Å². The lowest BCUT2D eigenvalue weighted by atomic mass is 10.1. The average Bonchev–Trinajstić information content (AvgIpc) is 2.22. The third kappa shape index (κ3) is 2.80. The predicted octanol–water partition coefficient (Wildman–Crippen LogP) is 3.17. The normalized spacial score (nSPS) is 10.4. The van der Waals surface area contributed by atoms with Crippen LogP contribution in [0.4, 0.5) is 5.95 Å². The maximum absolute atomic E-state index is 5.94. The molecule has 0 amide bonds. The number of hydrogen-bond donors (Lipinski definition) is 1. The van der Waals surface area contributed by atoms with E-state index in [1.807, 2.05) is 13.8 Å². The number of rotatable bonds is 2. The molecule has 1 heterocycles. The summed E-state index contributed by atoms with van der Waals surface area (Å²) in [5.41, 5.74) is 7.21. The lowest BCUT2D eigenvalue weighted by Gasteiger charge is -2.10. The van der Waals surface area contributed by atoms with Gasteiger partial charge in [-0.1, -0.05) is 11.6 Å². The van der Waals surface area contributed by atoms with Gasteiger partial charge in [-0.05, 0) is 48.7 Å². The lowest BCUT2D eigenvalue weighted by molar-refractivity contribution is 0.434. The Hall–Kier alpha value is -1.59. The van der Waals surface area contributed by atoms with E-state index in [1.54, 1.807) is 12.1 Å². The van der Waals surface area contributed by atoms with Gasteiger partial charge in [-0.2, -0.15) is 15.0 Å². The number of benzene rings is 1. The van der Waals surface area contributed by atoms with Gasteiger partial charge in [0.05, 0.1) is 0 Å². The molecule has 2 N–H and O–H groups in total. The summed E-state index contributed by atoms with van der Waals surface area (Å²) in [6, 6.07) is 3.63. The van der Waals surface area contributed by atoms with Crippen molar-refractivity contribution in [1.82, 2.24) is 15.0 Å². The molecule has 18 heavy (non-hydrogen) atoms. The molecule has 0 saturated carbocycles. The second kappa shape index (κ2) is 4.96. The molecule has 0 aliphatic rings. The van der Waals surface area contributed by atoms with Crippen molar-refractivity contribution >= 4 is 29.2 Å². The van der Waals surface area contributed by atoms with E-state index in [-0.39, 0.29) is 17.2 Å². The highest BCUT2D eigenvalue weighted by Gasteiger charge is 2.10. The summed E-state index contributed by atoms with van der Waals surface area (Å²) in [6.45, 7) is 3.75. The summed E-state index contributed by atoms with van der Waals surface area (Å²) in [4.78, 5) is 11.3. The second-order valence-corrected chi connectivity index (χ2v) is 4.49. The Morgan fingerprint density at radius 1 is 1.06 bits per heavy atom. The third-order valence-electron chi connectivity index (χ3n) is 2.22. The van der Waals surface area contributed by atoms with Crippen molar-refractivity contribution in [3.63, 3.8) is 0 Å². The molecule has 0 aliphatic heterocycles. The fourth-order valence-electron chi connectivity index (χ4n) is 1.54. The van der Waals surface area contributed by atoms with Gasteiger partial charge >= 0.3 is 6.01 Å². The van der Waals surface area contributed by atoms with E-state index in [2.05, 4.69) is 15.0 Å². The molecule has 0 fully saturated rings. The largest absolute Gasteiger partial charge is 0.424 e. The molecule has 0 atom stereocenters. The average molecular weight is 285 g/mol. The Balaban J connectivity index is 2.40. The first-order valence-corrected chi connectivity index (χ1v) is 5.83. The monoisotopic (exact) mass is 284 g/mol. The second-order valence-electron chi connectivity index (χ2n) is 3.72. The van der Waals surface area contributed by atoms with E-state index in [0.29, 0.717) is 10.8 Å². The maximum Gasteiger partial charge on any atom is 0.328 e. The summed E-state index contributed by atoms with van der Waals surface area (Å²) in [6.07, 6.45) is 0. The van der Waals surface area contributed by atoms with Crippen LogP contribution in [0.15, 0.2) is 12.1 Å². The summed E-state index contributed by atoms with van der Waals surface area (Å²) in [7, 11) is 0. The molecule has 5 nitrogen and oxygen atoms in total. The molecule has 0 radical (unpaired) electrons. The minimum Gasteiger partial charge on any atom is -0.424 e. The SMILES string of the molecule is Cc1cc(Cl)cc(C)c1Oc1nc(N)nc(Cl)n1. The van der Waals surface area contributed by atoms with Crippen molar-refractivity contribution in [2.75, 3.05) is 5.73 Å². The Bertz CT molecular complexity index is 560. The Kier molecular flexibility index (Phi) is 3.54. The van der Waals surface area contributed by atoms with E-state index in [1.165, 1.54) is 0 Å². The first kappa shape index (κ1) is 12.9. The van der Waals surface area contributed by atoms with Crippen molar-refractivity contribution in [1.29, 1.82) is 0 Å². The Morgan fingerprint density at radius 3 is 2.22 bits per heavy atom. The van der Waals surface area contributed by atoms with Crippen LogP contribution in [0.25, 0.3) is 0 Å². The topological polar surface area (TPSA) is 73.9 Å². The number of nitrogen functional groups attached to an aromatic ring is 1. The molecule has 1 aromatic heterocycles. The van der Waals surface area contributed by atoms with Crippen molar-refractivity contribution in [3.05, 3.63) is 33.6 Å². The van der Waals surface area contributed by atoms with Crippen molar-refractivity contribution in [2.24, 2.45) is 0 Å². The number of hydrogen-bond acceptors (Lipinski definition) is 5. The van der Waals surface area contributed by atoms with Gasteiger partial charge < -0.3 is 10.5 Å². The van der Waals surface area contributed by atoms with Crippen LogP contribution < -0.4 is 10.5 Å². The van der Waals surface area contributed by atoms with Crippen molar-refractivity contribution < 1.29 is 4.74 Å². The smallest absolute Gasteiger partial charge is 0.328 e. The number of aryl methyl sites for hydroxylation is 2. The minimum absolute atomic E-state index is 0.00858. The third-order valence-corrected chi connectivity index (χ3v) is 2.61. The number of aromatic nitrogens is 3. The highest BCUT2D eigenvalue weighted by Crippen LogP contribution is 2.30. The number of ether oxygens (including phenoxy) is 1. The summed E-state index contributed by atoms with van der Waals surface area (Å²) in [5, 5.41) is 0.632. The molecule has 2 aromatic rings. The van der Waals surface area contributed by atoms with Crippen LogP contribution in [0.3, 0.4) is 0 Å². The molecule has 7 heteroatoms. The molecule has 0 spiro atoms. The van der Waals surface area contributed by atoms with Crippen molar-refractivity contribution in [3.8, 4) is 11.8 Å². The molecule has 2 rings (SSSR count). The van der Waals surface area contributed by atoms with E-state index in [4.69, 9.17) is 33.7 Å². The van der Waals surface area contributed by atoms with Gasteiger partial charge in [0.15, 0.2) is 0 Å². The molecular weight excluding hydrogens is 275 g/mol. The lowest BCUT2D eigenvalue weighted by Crippen LogP contribution is -2.01. The molecule has 94 valence electrons. The number of nitrogens with zero attached hydrogens (tertiary/aromatic N) is 3. The first-order valence-electron chi connectivity index (χ1n) is 5.07. The fourth-order valence-corrected chi connectivity index (χ4v) is 2.03. The fraction of sp³-hybridized carbons (Fsp3) is 0.182. The number of halogens is 2. The van der Waals surface area contributed by atoms with Crippen LogP contribution >= 0.6 is 23.2 Å². The molecule has 0 bridgehead atoms. The van der Waals surface area contributed by atoms with Gasteiger partial charge in [-0.25, -0.2) is 0 Å². The zero-order valence-corrected chi connectivity index (χ0v) is 11.2. The van der Waals surface area contributed by atoms with Crippen LogP contribution in [-0.2, 0) is 0 Å². The predicted molar refractivity (Wildman–Crippen MR) is 70.2 cm³/mol. The number of nitrogens with two attached hydrogens (primary N) is 1. The van der Waals surface area contributed by atoms with Gasteiger partial charge in [0.1, 0.15) is 5.75 Å². The van der Waals surface area contributed by atoms with Crippen LogP contribution in [0.1, 0.15) is 11.1 Å². The van der Waals surface area contributed by atoms with Crippen LogP contribution in [0.2, 0.25) is 10.3 Å². The van der Waals surface area contributed by atoms with Gasteiger partial charge in [0.25, 0.3) is 0 Å². The van der Waals surface area contributed by atoms with E-state index in [9.17, 15) is 0 Å². The number of anilines is 1. The zero-order valence-electron chi connectivity index (χ0n) is 9.74. The van der Waals surface area contributed by atoms with Crippen LogP contribution in [-0.4, -0.2) is 15.0 Å². The highest BCUT2D eigenvalue weighted by molar-refractivity contribution is 6.30. The molecule has 1 aromatic carbocycles. The van der Waals surface area contributed by atoms with Gasteiger partial charge in [-0.3, -0.25) is 0 Å². The maximum atomic E-state index is 5.94. The molecular formula is C11H10Cl2N4O. The van der Waals surface area contributed by atoms with Gasteiger partial charge in [0.2, 0.25) is 11.2 Å². The molecule has 0 saturated heterocycles. The summed E-state index contributed by atoms with van der Waals surface area (Å²) < 4.78 is 5.57. The summed E-state index contributed by atoms with van der Waals surface area (Å²) >= 11 is 11.6. The summed E-state index contributed by atoms with van der Waals surface area (Å²) in [5.74, 6) is 0.635. The van der Waals surface area contributed by atoms with E-state index in [0.717, 1.165) is 11.1 Å².